The van der Waals surface area contributed by atoms with Crippen LogP contribution in [0.15, 0.2) is 24.3 Å². The Labute approximate surface area is 133 Å². The number of halogens is 2. The summed E-state index contributed by atoms with van der Waals surface area (Å²) < 4.78 is 5.90. The standard InChI is InChI=1S/C15H17Cl2NOS/c1-3-12-4-5-13(20-12)9-19-15-10(8-18-2)6-11(16)7-14(15)17/h4-7,18H,3,8-9H2,1-2H3. The molecule has 0 aliphatic heterocycles. The van der Waals surface area contributed by atoms with Crippen molar-refractivity contribution in [2.24, 2.45) is 0 Å². The van der Waals surface area contributed by atoms with Gasteiger partial charge in [-0.25, -0.2) is 0 Å². The number of hydrogen-bond donors (Lipinski definition) is 1. The lowest BCUT2D eigenvalue weighted by atomic mass is 10.2. The van der Waals surface area contributed by atoms with Gasteiger partial charge in [-0.05, 0) is 37.7 Å². The first-order chi connectivity index (χ1) is 9.63. The molecule has 0 aliphatic carbocycles. The predicted molar refractivity (Wildman–Crippen MR) is 87.3 cm³/mol. The number of benzene rings is 1. The third-order valence-electron chi connectivity index (χ3n) is 2.88. The Balaban J connectivity index is 2.15. The molecule has 2 nitrogen and oxygen atoms in total. The highest BCUT2D eigenvalue weighted by atomic mass is 35.5. The topological polar surface area (TPSA) is 21.3 Å². The Morgan fingerprint density at radius 3 is 2.60 bits per heavy atom. The van der Waals surface area contributed by atoms with Crippen molar-refractivity contribution in [2.45, 2.75) is 26.5 Å². The van der Waals surface area contributed by atoms with Gasteiger partial charge in [-0.1, -0.05) is 30.1 Å². The average molecular weight is 330 g/mol. The molecular formula is C15H17Cl2NOS. The van der Waals surface area contributed by atoms with E-state index in [4.69, 9.17) is 27.9 Å². The monoisotopic (exact) mass is 329 g/mol. The molecule has 108 valence electrons. The first kappa shape index (κ1) is 15.6. The van der Waals surface area contributed by atoms with E-state index in [9.17, 15) is 0 Å². The maximum absolute atomic E-state index is 6.24. The number of ether oxygens (including phenoxy) is 1. The summed E-state index contributed by atoms with van der Waals surface area (Å²) in [7, 11) is 1.88. The fourth-order valence-electron chi connectivity index (χ4n) is 1.93. The van der Waals surface area contributed by atoms with Gasteiger partial charge in [-0.15, -0.1) is 11.3 Å². The van der Waals surface area contributed by atoms with E-state index >= 15 is 0 Å². The Hall–Kier alpha value is -0.740. The van der Waals surface area contributed by atoms with Gasteiger partial charge in [0.15, 0.2) is 0 Å². The largest absolute Gasteiger partial charge is 0.486 e. The molecule has 0 saturated heterocycles. The molecule has 5 heteroatoms. The molecular weight excluding hydrogens is 313 g/mol. The molecule has 0 amide bonds. The van der Waals surface area contributed by atoms with Crippen LogP contribution in [0.4, 0.5) is 0 Å². The van der Waals surface area contributed by atoms with Crippen molar-refractivity contribution in [1.29, 1.82) is 0 Å². The number of rotatable bonds is 6. The van der Waals surface area contributed by atoms with Crippen LogP contribution in [0.5, 0.6) is 5.75 Å². The van der Waals surface area contributed by atoms with Crippen molar-refractivity contribution in [1.82, 2.24) is 5.32 Å². The molecule has 1 aromatic heterocycles. The lowest BCUT2D eigenvalue weighted by Gasteiger charge is -2.13. The number of nitrogens with one attached hydrogen (secondary N) is 1. The number of aryl methyl sites for hydroxylation is 1. The second-order valence-electron chi connectivity index (χ2n) is 4.42. The second kappa shape index (κ2) is 7.32. The smallest absolute Gasteiger partial charge is 0.143 e. The maximum atomic E-state index is 6.24. The van der Waals surface area contributed by atoms with Crippen molar-refractivity contribution in [3.63, 3.8) is 0 Å². The van der Waals surface area contributed by atoms with Crippen LogP contribution in [0.1, 0.15) is 22.2 Å². The molecule has 0 radical (unpaired) electrons. The van der Waals surface area contributed by atoms with Crippen molar-refractivity contribution in [2.75, 3.05) is 7.05 Å². The SMILES string of the molecule is CCc1ccc(COc2c(Cl)cc(Cl)cc2CNC)s1. The van der Waals surface area contributed by atoms with E-state index in [1.807, 2.05) is 13.1 Å². The third-order valence-corrected chi connectivity index (χ3v) is 4.58. The molecule has 0 fully saturated rings. The summed E-state index contributed by atoms with van der Waals surface area (Å²) in [6.07, 6.45) is 1.05. The molecule has 1 heterocycles. The molecule has 0 saturated carbocycles. The third kappa shape index (κ3) is 3.89. The summed E-state index contributed by atoms with van der Waals surface area (Å²) >= 11 is 14.0. The van der Waals surface area contributed by atoms with Gasteiger partial charge < -0.3 is 10.1 Å². The van der Waals surface area contributed by atoms with E-state index in [-0.39, 0.29) is 0 Å². The first-order valence-corrected chi connectivity index (χ1v) is 8.04. The molecule has 0 aliphatic rings. The van der Waals surface area contributed by atoms with Gasteiger partial charge in [0, 0.05) is 26.9 Å². The van der Waals surface area contributed by atoms with Crippen LogP contribution in [0, 0.1) is 0 Å². The Bertz CT molecular complexity index is 583. The zero-order chi connectivity index (χ0) is 14.5. The summed E-state index contributed by atoms with van der Waals surface area (Å²) in [5.41, 5.74) is 0.970. The van der Waals surface area contributed by atoms with Gasteiger partial charge in [0.1, 0.15) is 12.4 Å². The van der Waals surface area contributed by atoms with Crippen molar-refractivity contribution in [3.05, 3.63) is 49.6 Å². The lowest BCUT2D eigenvalue weighted by Crippen LogP contribution is -2.08. The van der Waals surface area contributed by atoms with Crippen LogP contribution < -0.4 is 10.1 Å². The zero-order valence-corrected chi connectivity index (χ0v) is 13.8. The highest BCUT2D eigenvalue weighted by Crippen LogP contribution is 2.33. The fourth-order valence-corrected chi connectivity index (χ4v) is 3.39. The van der Waals surface area contributed by atoms with Gasteiger partial charge in [0.2, 0.25) is 0 Å². The summed E-state index contributed by atoms with van der Waals surface area (Å²) in [5, 5.41) is 4.27. The molecule has 0 unspecified atom stereocenters. The van der Waals surface area contributed by atoms with Gasteiger partial charge in [0.05, 0.1) is 5.02 Å². The molecule has 0 bridgehead atoms. The zero-order valence-electron chi connectivity index (χ0n) is 11.5. The van der Waals surface area contributed by atoms with Crippen molar-refractivity contribution >= 4 is 34.5 Å². The minimum atomic E-state index is 0.530. The van der Waals surface area contributed by atoms with E-state index in [1.165, 1.54) is 9.75 Å². The first-order valence-electron chi connectivity index (χ1n) is 6.47. The van der Waals surface area contributed by atoms with E-state index in [0.717, 1.165) is 12.0 Å². The molecule has 0 atom stereocenters. The summed E-state index contributed by atoms with van der Waals surface area (Å²) in [6, 6.07) is 7.83. The van der Waals surface area contributed by atoms with Gasteiger partial charge in [-0.3, -0.25) is 0 Å². The van der Waals surface area contributed by atoms with E-state index < -0.39 is 0 Å². The van der Waals surface area contributed by atoms with Crippen molar-refractivity contribution in [3.8, 4) is 5.75 Å². The molecule has 1 N–H and O–H groups in total. The van der Waals surface area contributed by atoms with Crippen LogP contribution >= 0.6 is 34.5 Å². The highest BCUT2D eigenvalue weighted by molar-refractivity contribution is 7.11. The van der Waals surface area contributed by atoms with Crippen LogP contribution in [-0.4, -0.2) is 7.05 Å². The van der Waals surface area contributed by atoms with E-state index in [2.05, 4.69) is 24.4 Å². The summed E-state index contributed by atoms with van der Waals surface area (Å²) in [6.45, 7) is 3.35. The average Bonchev–Trinajstić information content (AvgIpc) is 2.86. The molecule has 0 spiro atoms. The van der Waals surface area contributed by atoms with Gasteiger partial charge >= 0.3 is 0 Å². The minimum absolute atomic E-state index is 0.530. The normalized spacial score (nSPS) is 10.8. The fraction of sp³-hybridized carbons (Fsp3) is 0.333. The molecule has 20 heavy (non-hydrogen) atoms. The predicted octanol–water partition coefficient (Wildman–Crippen LogP) is 4.92. The maximum Gasteiger partial charge on any atom is 0.143 e. The minimum Gasteiger partial charge on any atom is -0.486 e. The van der Waals surface area contributed by atoms with E-state index in [0.29, 0.717) is 28.9 Å². The van der Waals surface area contributed by atoms with Crippen LogP contribution in [0.25, 0.3) is 0 Å². The Morgan fingerprint density at radius 2 is 1.95 bits per heavy atom. The molecule has 1 aromatic carbocycles. The second-order valence-corrected chi connectivity index (χ2v) is 6.51. The van der Waals surface area contributed by atoms with Crippen LogP contribution in [-0.2, 0) is 19.6 Å². The highest BCUT2D eigenvalue weighted by Gasteiger charge is 2.11. The molecule has 2 rings (SSSR count). The lowest BCUT2D eigenvalue weighted by molar-refractivity contribution is 0.306. The van der Waals surface area contributed by atoms with Crippen LogP contribution in [0.2, 0.25) is 10.0 Å². The summed E-state index contributed by atoms with van der Waals surface area (Å²) in [4.78, 5) is 2.56. The number of thiophene rings is 1. The Kier molecular flexibility index (Phi) is 5.73. The quantitative estimate of drug-likeness (QED) is 0.812. The van der Waals surface area contributed by atoms with Gasteiger partial charge in [0.25, 0.3) is 0 Å². The number of hydrogen-bond acceptors (Lipinski definition) is 3. The van der Waals surface area contributed by atoms with Gasteiger partial charge in [-0.2, -0.15) is 0 Å². The van der Waals surface area contributed by atoms with E-state index in [1.54, 1.807) is 17.4 Å². The summed E-state index contributed by atoms with van der Waals surface area (Å²) in [5.74, 6) is 0.705. The van der Waals surface area contributed by atoms with Crippen LogP contribution in [0.3, 0.4) is 0 Å². The molecule has 2 aromatic rings. The Morgan fingerprint density at radius 1 is 1.20 bits per heavy atom. The van der Waals surface area contributed by atoms with Crippen molar-refractivity contribution < 1.29 is 4.74 Å².